The Hall–Kier alpha value is -7.72. The van der Waals surface area contributed by atoms with Gasteiger partial charge in [0, 0.05) is 33.5 Å². The molecule has 1 aliphatic heterocycles. The van der Waals surface area contributed by atoms with Crippen LogP contribution in [0, 0.1) is 0 Å². The second kappa shape index (κ2) is 15.5. The number of fused-ring (bicyclic) bond motifs is 4. The maximum atomic E-state index is 2.52. The fraction of sp³-hybridized carbons (Fsp3) is 0. The van der Waals surface area contributed by atoms with Gasteiger partial charge in [0.1, 0.15) is 0 Å². The maximum absolute atomic E-state index is 3.35. The van der Waals surface area contributed by atoms with E-state index in [1.807, 2.05) is 0 Å². The van der Waals surface area contributed by atoms with Gasteiger partial charge in [-0.3, -0.25) is 0 Å². The lowest BCUT2D eigenvalue weighted by atomic mass is 10.0. The van der Waals surface area contributed by atoms with Crippen LogP contribution in [-0.2, 0) is 0 Å². The van der Waals surface area contributed by atoms with Gasteiger partial charge in [-0.25, -0.2) is 0 Å². The quantitative estimate of drug-likeness (QED) is 0.141. The molecule has 0 atom stereocenters. The van der Waals surface area contributed by atoms with Gasteiger partial charge in [0.15, 0.2) is 8.07 Å². The largest absolute Gasteiger partial charge is 0.310 e. The Bertz CT molecular complexity index is 2970. The molecule has 0 aromatic heterocycles. The van der Waals surface area contributed by atoms with Crippen LogP contribution in [-0.4, -0.2) is 8.07 Å². The van der Waals surface area contributed by atoms with Crippen LogP contribution in [0.25, 0.3) is 33.7 Å². The molecule has 2 nitrogen and oxygen atoms in total. The highest BCUT2D eigenvalue weighted by Crippen LogP contribution is 2.43. The minimum absolute atomic E-state index is 1.11. The van der Waals surface area contributed by atoms with E-state index in [9.17, 15) is 0 Å². The topological polar surface area (TPSA) is 6.48 Å². The van der Waals surface area contributed by atoms with Crippen LogP contribution in [0.3, 0.4) is 0 Å². The Balaban J connectivity index is 1.33. The number of benzene rings is 10. The minimum Gasteiger partial charge on any atom is -0.310 e. The summed E-state index contributed by atoms with van der Waals surface area (Å²) in [5, 5.41) is 10.2. The van der Waals surface area contributed by atoms with E-state index in [-0.39, 0.29) is 0 Å². The zero-order valence-corrected chi connectivity index (χ0v) is 34.6. The van der Waals surface area contributed by atoms with Crippen molar-refractivity contribution < 1.29 is 0 Å². The van der Waals surface area contributed by atoms with Crippen molar-refractivity contribution >= 4 is 96.6 Å². The summed E-state index contributed by atoms with van der Waals surface area (Å²) in [4.78, 5) is 5.05. The van der Waals surface area contributed by atoms with Crippen LogP contribution in [0.2, 0.25) is 0 Å². The summed E-state index contributed by atoms with van der Waals surface area (Å²) >= 11 is 0. The summed E-state index contributed by atoms with van der Waals surface area (Å²) in [5.41, 5.74) is 9.29. The maximum Gasteiger partial charge on any atom is 0.185 e. The van der Waals surface area contributed by atoms with E-state index in [4.69, 9.17) is 0 Å². The molecule has 0 spiro atoms. The summed E-state index contributed by atoms with van der Waals surface area (Å²) in [6.45, 7) is 0. The average molecular weight is 795 g/mol. The predicted molar refractivity (Wildman–Crippen MR) is 263 cm³/mol. The van der Waals surface area contributed by atoms with Crippen molar-refractivity contribution in [2.24, 2.45) is 0 Å². The molecule has 0 bridgehead atoms. The van der Waals surface area contributed by atoms with Gasteiger partial charge in [-0.05, 0) is 91.2 Å². The van der Waals surface area contributed by atoms with Crippen LogP contribution in [0.4, 0.5) is 34.1 Å². The van der Waals surface area contributed by atoms with Crippen molar-refractivity contribution in [2.75, 3.05) is 9.80 Å². The van der Waals surface area contributed by atoms with Crippen molar-refractivity contribution in [3.05, 3.63) is 254 Å². The first-order valence-electron chi connectivity index (χ1n) is 21.0. The number of nitrogens with zero attached hydrogens (tertiary/aromatic N) is 2. The van der Waals surface area contributed by atoms with Crippen LogP contribution >= 0.6 is 0 Å². The lowest BCUT2D eigenvalue weighted by Gasteiger charge is -2.42. The molecule has 1 heterocycles. The molecular formula is C58H42N2Si. The van der Waals surface area contributed by atoms with Gasteiger partial charge < -0.3 is 9.80 Å². The molecule has 0 saturated heterocycles. The second-order valence-electron chi connectivity index (χ2n) is 15.6. The minimum atomic E-state index is -3.35. The second-order valence-corrected chi connectivity index (χ2v) is 19.3. The summed E-state index contributed by atoms with van der Waals surface area (Å²) in [5.74, 6) is 0. The first-order chi connectivity index (χ1) is 30.3. The lowest BCUT2D eigenvalue weighted by Crippen LogP contribution is -2.76. The smallest absolute Gasteiger partial charge is 0.185 e. The summed E-state index contributed by atoms with van der Waals surface area (Å²) in [7, 11) is -3.35. The van der Waals surface area contributed by atoms with Crippen LogP contribution in [0.15, 0.2) is 243 Å². The number of rotatable bonds is 8. The fourth-order valence-electron chi connectivity index (χ4n) is 9.78. The fourth-order valence-corrected chi connectivity index (χ4v) is 15.3. The normalized spacial score (nSPS) is 12.7. The first-order valence-corrected chi connectivity index (χ1v) is 23.0. The van der Waals surface area contributed by atoms with Gasteiger partial charge in [0.05, 0.1) is 11.4 Å². The van der Waals surface area contributed by atoms with Gasteiger partial charge in [-0.1, -0.05) is 206 Å². The standard InChI is InChI=1S/C58H42N2Si/c1-5-27-47(28-6-1)59(53-37-17-23-43-21-13-15-35-51(43)53)55-39-19-25-45-41-42-46-26-20-40-56(58(46)61(57(45)55,49-31-9-3-10-32-49)50-33-11-4-12-34-50)60(48-29-7-2-8-30-48)54-38-18-24-44-22-14-16-36-52(44)54/h1-42H. The van der Waals surface area contributed by atoms with Crippen LogP contribution in [0.5, 0.6) is 0 Å². The molecule has 3 heteroatoms. The number of hydrogen-bond donors (Lipinski definition) is 0. The molecule has 0 saturated carbocycles. The Morgan fingerprint density at radius 2 is 0.590 bits per heavy atom. The molecule has 1 aliphatic rings. The van der Waals surface area contributed by atoms with Crippen LogP contribution < -0.4 is 30.5 Å². The third kappa shape index (κ3) is 6.09. The van der Waals surface area contributed by atoms with Crippen molar-refractivity contribution in [1.82, 2.24) is 0 Å². The first kappa shape index (κ1) is 36.4. The van der Waals surface area contributed by atoms with E-state index < -0.39 is 8.07 Å². The van der Waals surface area contributed by atoms with Gasteiger partial charge in [0.2, 0.25) is 0 Å². The van der Waals surface area contributed by atoms with E-state index in [0.29, 0.717) is 0 Å². The Kier molecular flexibility index (Phi) is 9.22. The third-order valence-corrected chi connectivity index (χ3v) is 17.3. The molecular weight excluding hydrogens is 753 g/mol. The van der Waals surface area contributed by atoms with Gasteiger partial charge in [0.25, 0.3) is 0 Å². The molecule has 0 aliphatic carbocycles. The Morgan fingerprint density at radius 1 is 0.262 bits per heavy atom. The Morgan fingerprint density at radius 3 is 1.02 bits per heavy atom. The zero-order chi connectivity index (χ0) is 40.6. The molecule has 10 aromatic rings. The number of hydrogen-bond acceptors (Lipinski definition) is 2. The van der Waals surface area contributed by atoms with E-state index >= 15 is 0 Å². The van der Waals surface area contributed by atoms with Crippen molar-refractivity contribution in [2.45, 2.75) is 0 Å². The van der Waals surface area contributed by atoms with Gasteiger partial charge >= 0.3 is 0 Å². The highest BCUT2D eigenvalue weighted by atomic mass is 28.3. The molecule has 288 valence electrons. The van der Waals surface area contributed by atoms with Crippen LogP contribution in [0.1, 0.15) is 11.1 Å². The lowest BCUT2D eigenvalue weighted by molar-refractivity contribution is 1.30. The van der Waals surface area contributed by atoms with E-state index in [1.54, 1.807) is 0 Å². The van der Waals surface area contributed by atoms with E-state index in [2.05, 4.69) is 265 Å². The molecule has 0 unspecified atom stereocenters. The molecule has 0 N–H and O–H groups in total. The third-order valence-electron chi connectivity index (χ3n) is 12.3. The summed E-state index contributed by atoms with van der Waals surface area (Å²) in [6, 6.07) is 89.5. The molecule has 10 aromatic carbocycles. The highest BCUT2D eigenvalue weighted by molar-refractivity contribution is 7.21. The van der Waals surface area contributed by atoms with Gasteiger partial charge in [-0.15, -0.1) is 0 Å². The van der Waals surface area contributed by atoms with Crippen molar-refractivity contribution in [3.8, 4) is 0 Å². The molecule has 61 heavy (non-hydrogen) atoms. The summed E-state index contributed by atoms with van der Waals surface area (Å²) < 4.78 is 0. The van der Waals surface area contributed by atoms with Crippen molar-refractivity contribution in [3.63, 3.8) is 0 Å². The summed E-state index contributed by atoms with van der Waals surface area (Å²) in [6.07, 6.45) is 4.75. The highest BCUT2D eigenvalue weighted by Gasteiger charge is 2.49. The monoisotopic (exact) mass is 794 g/mol. The Labute approximate surface area is 358 Å². The number of para-hydroxylation sites is 2. The molecule has 11 rings (SSSR count). The van der Waals surface area contributed by atoms with Crippen molar-refractivity contribution in [1.29, 1.82) is 0 Å². The number of anilines is 6. The average Bonchev–Trinajstić information content (AvgIpc) is 3.49. The van der Waals surface area contributed by atoms with Gasteiger partial charge in [-0.2, -0.15) is 0 Å². The van der Waals surface area contributed by atoms with E-state index in [1.165, 1.54) is 64.8 Å². The molecule has 0 fully saturated rings. The predicted octanol–water partition coefficient (Wildman–Crippen LogP) is 12.8. The SMILES string of the molecule is C1=Cc2cccc(N(c3ccccc3)c3cccc4ccccc34)c2[Si](c2ccccc2)(c2ccccc2)c2c1cccc2N(c1ccccc1)c1cccc2ccccc12. The molecule has 0 amide bonds. The zero-order valence-electron chi connectivity index (χ0n) is 33.6. The van der Waals surface area contributed by atoms with E-state index in [0.717, 1.165) is 22.7 Å². The molecule has 0 radical (unpaired) electrons.